The summed E-state index contributed by atoms with van der Waals surface area (Å²) in [6.45, 7) is 3.73. The summed E-state index contributed by atoms with van der Waals surface area (Å²) in [4.78, 5) is 35.9. The molecule has 0 bridgehead atoms. The summed E-state index contributed by atoms with van der Waals surface area (Å²) >= 11 is 0. The van der Waals surface area contributed by atoms with Crippen LogP contribution in [0.4, 0.5) is 5.69 Å². The number of hydrogen-bond donors (Lipinski definition) is 1. The zero-order chi connectivity index (χ0) is 29.6. The molecule has 1 heterocycles. The van der Waals surface area contributed by atoms with Crippen LogP contribution in [0.1, 0.15) is 29.3 Å². The number of amides is 1. The van der Waals surface area contributed by atoms with E-state index in [2.05, 4.69) is 5.32 Å². The van der Waals surface area contributed by atoms with Gasteiger partial charge in [0.05, 0.1) is 42.2 Å². The number of nitrogens with zero attached hydrogens (tertiary/aromatic N) is 2. The van der Waals surface area contributed by atoms with Gasteiger partial charge in [-0.3, -0.25) is 4.79 Å². The monoisotopic (exact) mass is 561 g/mol. The second-order valence-corrected chi connectivity index (χ2v) is 9.74. The number of carbonyl (C=O) groups excluding carboxylic acids is 2. The Balaban J connectivity index is 1.47. The molecule has 1 atom stereocenters. The van der Waals surface area contributed by atoms with E-state index in [-0.39, 0.29) is 11.5 Å². The lowest BCUT2D eigenvalue weighted by atomic mass is 10.0. The third-order valence-electron chi connectivity index (χ3n) is 6.82. The van der Waals surface area contributed by atoms with Crippen molar-refractivity contribution in [3.05, 3.63) is 102 Å². The van der Waals surface area contributed by atoms with E-state index >= 15 is 0 Å². The summed E-state index contributed by atoms with van der Waals surface area (Å²) in [6.07, 6.45) is -0.629. The Bertz CT molecular complexity index is 1730. The lowest BCUT2D eigenvalue weighted by molar-refractivity contribution is -0.124. The number of benzene rings is 4. The molecule has 0 aliphatic carbocycles. The fourth-order valence-electron chi connectivity index (χ4n) is 4.55. The minimum absolute atomic E-state index is 0.275. The van der Waals surface area contributed by atoms with Crippen molar-refractivity contribution in [3.8, 4) is 34.0 Å². The molecule has 0 aliphatic rings. The SMILES string of the molecule is CCC(OC(=O)c1ccc2nc(-c3ccc(OC)cc3)c(-c3ccc(OC)cc3)nc2c1)C(=O)Nc1cccc(C)c1. The zero-order valence-electron chi connectivity index (χ0n) is 23.9. The number of nitrogens with one attached hydrogen (secondary N) is 1. The highest BCUT2D eigenvalue weighted by Gasteiger charge is 2.23. The van der Waals surface area contributed by atoms with Crippen LogP contribution in [0.5, 0.6) is 11.5 Å². The van der Waals surface area contributed by atoms with Crippen molar-refractivity contribution in [2.45, 2.75) is 26.4 Å². The van der Waals surface area contributed by atoms with Crippen molar-refractivity contribution >= 4 is 28.6 Å². The first-order valence-corrected chi connectivity index (χ1v) is 13.6. The van der Waals surface area contributed by atoms with Crippen molar-refractivity contribution in [2.24, 2.45) is 0 Å². The van der Waals surface area contributed by atoms with Crippen molar-refractivity contribution in [2.75, 3.05) is 19.5 Å². The second kappa shape index (κ2) is 12.5. The number of anilines is 1. The first kappa shape index (κ1) is 28.3. The average molecular weight is 562 g/mol. The van der Waals surface area contributed by atoms with Gasteiger partial charge in [0, 0.05) is 16.8 Å². The van der Waals surface area contributed by atoms with Crippen LogP contribution in [0.15, 0.2) is 91.0 Å². The first-order chi connectivity index (χ1) is 20.4. The molecule has 4 aromatic carbocycles. The smallest absolute Gasteiger partial charge is 0.338 e. The van der Waals surface area contributed by atoms with E-state index in [1.54, 1.807) is 45.4 Å². The topological polar surface area (TPSA) is 99.6 Å². The molecule has 5 rings (SSSR count). The van der Waals surface area contributed by atoms with Gasteiger partial charge < -0.3 is 19.5 Å². The van der Waals surface area contributed by atoms with Gasteiger partial charge in [-0.15, -0.1) is 0 Å². The maximum absolute atomic E-state index is 13.2. The van der Waals surface area contributed by atoms with E-state index in [9.17, 15) is 9.59 Å². The van der Waals surface area contributed by atoms with E-state index in [0.717, 1.165) is 28.2 Å². The molecule has 0 radical (unpaired) electrons. The van der Waals surface area contributed by atoms with Crippen LogP contribution in [0.25, 0.3) is 33.5 Å². The van der Waals surface area contributed by atoms with Gasteiger partial charge in [-0.05, 0) is 97.8 Å². The van der Waals surface area contributed by atoms with Crippen LogP contribution in [-0.4, -0.2) is 42.2 Å². The molecule has 8 heteroatoms. The molecule has 5 aromatic rings. The number of aryl methyl sites for hydroxylation is 1. The molecule has 1 aromatic heterocycles. The van der Waals surface area contributed by atoms with Crippen LogP contribution < -0.4 is 14.8 Å². The molecule has 0 saturated carbocycles. The molecule has 1 N–H and O–H groups in total. The molecule has 0 spiro atoms. The summed E-state index contributed by atoms with van der Waals surface area (Å²) in [5.74, 6) is 0.457. The predicted octanol–water partition coefficient (Wildman–Crippen LogP) is 6.86. The molecule has 0 saturated heterocycles. The molecule has 8 nitrogen and oxygen atoms in total. The van der Waals surface area contributed by atoms with E-state index in [4.69, 9.17) is 24.2 Å². The standard InChI is InChI=1S/C34H31N3O5/c1-5-30(33(38)35-25-8-6-7-21(2)19-25)42-34(39)24-13-18-28-29(20-24)37-32(23-11-16-27(41-4)17-12-23)31(36-28)22-9-14-26(40-3)15-10-22/h6-20,30H,5H2,1-4H3,(H,35,38). The van der Waals surface area contributed by atoms with Gasteiger partial charge in [0.2, 0.25) is 0 Å². The fourth-order valence-corrected chi connectivity index (χ4v) is 4.55. The van der Waals surface area contributed by atoms with E-state index in [1.165, 1.54) is 0 Å². The lowest BCUT2D eigenvalue weighted by Crippen LogP contribution is -2.32. The van der Waals surface area contributed by atoms with E-state index in [0.29, 0.717) is 34.5 Å². The largest absolute Gasteiger partial charge is 0.497 e. The van der Waals surface area contributed by atoms with E-state index < -0.39 is 12.1 Å². The summed E-state index contributed by atoms with van der Waals surface area (Å²) in [6, 6.07) is 27.6. The highest BCUT2D eigenvalue weighted by molar-refractivity contribution is 5.99. The summed E-state index contributed by atoms with van der Waals surface area (Å²) < 4.78 is 16.3. The van der Waals surface area contributed by atoms with Crippen LogP contribution >= 0.6 is 0 Å². The van der Waals surface area contributed by atoms with Gasteiger partial charge in [0.1, 0.15) is 11.5 Å². The third kappa shape index (κ3) is 6.23. The Morgan fingerprint density at radius 1 is 0.762 bits per heavy atom. The number of fused-ring (bicyclic) bond motifs is 1. The summed E-state index contributed by atoms with van der Waals surface area (Å²) in [5, 5.41) is 2.83. The number of hydrogen-bond acceptors (Lipinski definition) is 7. The Kier molecular flexibility index (Phi) is 8.43. The average Bonchev–Trinajstić information content (AvgIpc) is 3.02. The highest BCUT2D eigenvalue weighted by atomic mass is 16.5. The molecular formula is C34H31N3O5. The van der Waals surface area contributed by atoms with Gasteiger partial charge in [-0.2, -0.15) is 0 Å². The molecule has 0 aliphatic heterocycles. The maximum Gasteiger partial charge on any atom is 0.338 e. The molecule has 42 heavy (non-hydrogen) atoms. The fraction of sp³-hybridized carbons (Fsp3) is 0.176. The third-order valence-corrected chi connectivity index (χ3v) is 6.82. The molecule has 0 fully saturated rings. The Morgan fingerprint density at radius 3 is 1.90 bits per heavy atom. The normalized spacial score (nSPS) is 11.5. The van der Waals surface area contributed by atoms with Crippen molar-refractivity contribution in [1.82, 2.24) is 9.97 Å². The van der Waals surface area contributed by atoms with E-state index in [1.807, 2.05) is 73.7 Å². The molecule has 1 amide bonds. The Morgan fingerprint density at radius 2 is 1.36 bits per heavy atom. The van der Waals surface area contributed by atoms with Gasteiger partial charge in [-0.25, -0.2) is 14.8 Å². The van der Waals surface area contributed by atoms with Gasteiger partial charge in [-0.1, -0.05) is 19.1 Å². The number of rotatable bonds is 9. The highest BCUT2D eigenvalue weighted by Crippen LogP contribution is 2.33. The maximum atomic E-state index is 13.2. The number of methoxy groups -OCH3 is 2. The molecule has 1 unspecified atom stereocenters. The quantitative estimate of drug-likeness (QED) is 0.196. The summed E-state index contributed by atoms with van der Waals surface area (Å²) in [5.41, 5.74) is 6.09. The minimum atomic E-state index is -0.952. The molecular weight excluding hydrogens is 530 g/mol. The van der Waals surface area contributed by atoms with Gasteiger partial charge in [0.25, 0.3) is 5.91 Å². The first-order valence-electron chi connectivity index (χ1n) is 13.6. The second-order valence-electron chi connectivity index (χ2n) is 9.74. The zero-order valence-corrected chi connectivity index (χ0v) is 23.9. The van der Waals surface area contributed by atoms with Crippen LogP contribution in [0.3, 0.4) is 0 Å². The van der Waals surface area contributed by atoms with Gasteiger partial charge in [0.15, 0.2) is 6.10 Å². The Labute approximate surface area is 244 Å². The van der Waals surface area contributed by atoms with Crippen LogP contribution in [-0.2, 0) is 9.53 Å². The van der Waals surface area contributed by atoms with Crippen LogP contribution in [0, 0.1) is 6.92 Å². The van der Waals surface area contributed by atoms with Gasteiger partial charge >= 0.3 is 5.97 Å². The summed E-state index contributed by atoms with van der Waals surface area (Å²) in [7, 11) is 3.24. The predicted molar refractivity (Wildman–Crippen MR) is 163 cm³/mol. The van der Waals surface area contributed by atoms with Crippen molar-refractivity contribution in [3.63, 3.8) is 0 Å². The number of ether oxygens (including phenoxy) is 3. The minimum Gasteiger partial charge on any atom is -0.497 e. The number of aromatic nitrogens is 2. The number of esters is 1. The number of carbonyl (C=O) groups is 2. The Hall–Kier alpha value is -5.24. The lowest BCUT2D eigenvalue weighted by Gasteiger charge is -2.17. The molecule has 212 valence electrons. The van der Waals surface area contributed by atoms with Crippen molar-refractivity contribution < 1.29 is 23.8 Å². The van der Waals surface area contributed by atoms with Crippen molar-refractivity contribution in [1.29, 1.82) is 0 Å². The van der Waals surface area contributed by atoms with Crippen LogP contribution in [0.2, 0.25) is 0 Å².